The minimum absolute atomic E-state index is 0.0937. The summed E-state index contributed by atoms with van der Waals surface area (Å²) in [5.74, 6) is 0.265. The maximum absolute atomic E-state index is 13.3. The topological polar surface area (TPSA) is 26.3 Å². The number of rotatable bonds is 5. The normalized spacial score (nSPS) is 10.3. The van der Waals surface area contributed by atoms with Gasteiger partial charge in [-0.15, -0.1) is 0 Å². The van der Waals surface area contributed by atoms with Crippen LogP contribution in [0.25, 0.3) is 0 Å². The molecule has 0 radical (unpaired) electrons. The number of ether oxygens (including phenoxy) is 1. The summed E-state index contributed by atoms with van der Waals surface area (Å²) < 4.78 is 18.8. The average molecular weight is 293 g/mol. The van der Waals surface area contributed by atoms with E-state index in [1.54, 1.807) is 30.3 Å². The molecular weight excluding hydrogens is 279 g/mol. The van der Waals surface area contributed by atoms with Crippen molar-refractivity contribution >= 4 is 17.4 Å². The zero-order chi connectivity index (χ0) is 14.5. The lowest BCUT2D eigenvalue weighted by molar-refractivity contribution is 0.0988. The highest BCUT2D eigenvalue weighted by Crippen LogP contribution is 2.18. The van der Waals surface area contributed by atoms with Gasteiger partial charge in [-0.2, -0.15) is 0 Å². The van der Waals surface area contributed by atoms with Crippen LogP contribution in [0.4, 0.5) is 4.39 Å². The SMILES string of the molecule is CCC(=O)c1ccc(OCc2ccc(Cl)c(F)c2)cc1. The largest absolute Gasteiger partial charge is 0.489 e. The summed E-state index contributed by atoms with van der Waals surface area (Å²) in [6, 6.07) is 11.5. The van der Waals surface area contributed by atoms with E-state index in [0.29, 0.717) is 23.3 Å². The maximum Gasteiger partial charge on any atom is 0.162 e. The number of Topliss-reactive ketones (excluding diaryl/α,β-unsaturated/α-hetero) is 1. The van der Waals surface area contributed by atoms with Gasteiger partial charge in [-0.05, 0) is 42.0 Å². The van der Waals surface area contributed by atoms with Crippen LogP contribution in [0.15, 0.2) is 42.5 Å². The van der Waals surface area contributed by atoms with Crippen molar-refractivity contribution < 1.29 is 13.9 Å². The molecule has 0 aromatic heterocycles. The van der Waals surface area contributed by atoms with Gasteiger partial charge >= 0.3 is 0 Å². The zero-order valence-corrected chi connectivity index (χ0v) is 11.8. The Morgan fingerprint density at radius 1 is 1.20 bits per heavy atom. The molecule has 0 spiro atoms. The first kappa shape index (κ1) is 14.5. The molecule has 0 heterocycles. The molecule has 0 aliphatic rings. The molecular formula is C16H14ClFO2. The fourth-order valence-electron chi connectivity index (χ4n) is 1.74. The van der Waals surface area contributed by atoms with E-state index in [9.17, 15) is 9.18 Å². The van der Waals surface area contributed by atoms with Crippen LogP contribution in [-0.2, 0) is 6.61 Å². The predicted molar refractivity (Wildman–Crippen MR) is 76.8 cm³/mol. The smallest absolute Gasteiger partial charge is 0.162 e. The second-order valence-corrected chi connectivity index (χ2v) is 4.75. The van der Waals surface area contributed by atoms with Gasteiger partial charge in [0.2, 0.25) is 0 Å². The van der Waals surface area contributed by atoms with Gasteiger partial charge < -0.3 is 4.74 Å². The van der Waals surface area contributed by atoms with Gasteiger partial charge in [0.05, 0.1) is 5.02 Å². The van der Waals surface area contributed by atoms with Crippen LogP contribution in [-0.4, -0.2) is 5.78 Å². The van der Waals surface area contributed by atoms with E-state index in [2.05, 4.69) is 0 Å². The van der Waals surface area contributed by atoms with Crippen molar-refractivity contribution in [3.05, 3.63) is 64.4 Å². The van der Waals surface area contributed by atoms with Crippen molar-refractivity contribution in [1.29, 1.82) is 0 Å². The summed E-state index contributed by atoms with van der Waals surface area (Å²) in [5, 5.41) is 0.0937. The lowest BCUT2D eigenvalue weighted by Crippen LogP contribution is -1.98. The average Bonchev–Trinajstić information content (AvgIpc) is 2.48. The standard InChI is InChI=1S/C16H14ClFO2/c1-2-16(19)12-4-6-13(7-5-12)20-10-11-3-8-14(17)15(18)9-11/h3-9H,2,10H2,1H3. The highest BCUT2D eigenvalue weighted by molar-refractivity contribution is 6.30. The number of carbonyl (C=O) groups excluding carboxylic acids is 1. The lowest BCUT2D eigenvalue weighted by atomic mass is 10.1. The van der Waals surface area contributed by atoms with Crippen LogP contribution in [0.3, 0.4) is 0 Å². The fraction of sp³-hybridized carbons (Fsp3) is 0.188. The van der Waals surface area contributed by atoms with E-state index in [1.807, 2.05) is 6.92 Å². The van der Waals surface area contributed by atoms with Crippen molar-refractivity contribution in [1.82, 2.24) is 0 Å². The summed E-state index contributed by atoms with van der Waals surface area (Å²) in [6.45, 7) is 2.07. The molecule has 0 bridgehead atoms. The van der Waals surface area contributed by atoms with E-state index >= 15 is 0 Å². The van der Waals surface area contributed by atoms with Crippen molar-refractivity contribution in [3.8, 4) is 5.75 Å². The summed E-state index contributed by atoms with van der Waals surface area (Å²) in [4.78, 5) is 11.5. The molecule has 2 aromatic rings. The minimum atomic E-state index is -0.461. The Labute approximate surface area is 122 Å². The van der Waals surface area contributed by atoms with E-state index in [1.165, 1.54) is 12.1 Å². The van der Waals surface area contributed by atoms with Crippen LogP contribution >= 0.6 is 11.6 Å². The molecule has 0 atom stereocenters. The van der Waals surface area contributed by atoms with Gasteiger partial charge in [-0.1, -0.05) is 24.6 Å². The van der Waals surface area contributed by atoms with Gasteiger partial charge in [0, 0.05) is 12.0 Å². The van der Waals surface area contributed by atoms with E-state index in [0.717, 1.165) is 0 Å². The Balaban J connectivity index is 2.00. The predicted octanol–water partition coefficient (Wildman–Crippen LogP) is 4.65. The van der Waals surface area contributed by atoms with Gasteiger partial charge in [0.15, 0.2) is 5.78 Å². The molecule has 4 heteroatoms. The molecule has 2 nitrogen and oxygen atoms in total. The van der Waals surface area contributed by atoms with Gasteiger partial charge in [-0.25, -0.2) is 4.39 Å². The van der Waals surface area contributed by atoms with Crippen molar-refractivity contribution in [2.75, 3.05) is 0 Å². The van der Waals surface area contributed by atoms with Crippen LogP contribution in [0.2, 0.25) is 5.02 Å². The highest BCUT2D eigenvalue weighted by atomic mass is 35.5. The van der Waals surface area contributed by atoms with Gasteiger partial charge in [0.25, 0.3) is 0 Å². The second kappa shape index (κ2) is 6.53. The Bertz CT molecular complexity index is 608. The third kappa shape index (κ3) is 3.58. The van der Waals surface area contributed by atoms with E-state index in [-0.39, 0.29) is 17.4 Å². The number of benzene rings is 2. The number of hydrogen-bond acceptors (Lipinski definition) is 2. The van der Waals surface area contributed by atoms with Crippen LogP contribution in [0.1, 0.15) is 29.3 Å². The molecule has 0 N–H and O–H groups in total. The van der Waals surface area contributed by atoms with Crippen molar-refractivity contribution in [2.24, 2.45) is 0 Å². The maximum atomic E-state index is 13.3. The summed E-state index contributed by atoms with van der Waals surface area (Å²) in [5.41, 5.74) is 1.36. The first-order chi connectivity index (χ1) is 9.60. The molecule has 0 aliphatic carbocycles. The quantitative estimate of drug-likeness (QED) is 0.750. The number of hydrogen-bond donors (Lipinski definition) is 0. The molecule has 0 saturated heterocycles. The molecule has 0 unspecified atom stereocenters. The van der Waals surface area contributed by atoms with Crippen molar-refractivity contribution in [3.63, 3.8) is 0 Å². The third-order valence-corrected chi connectivity index (χ3v) is 3.19. The molecule has 0 amide bonds. The Morgan fingerprint density at radius 2 is 1.90 bits per heavy atom. The summed E-state index contributed by atoms with van der Waals surface area (Å²) >= 11 is 5.61. The zero-order valence-electron chi connectivity index (χ0n) is 11.0. The third-order valence-electron chi connectivity index (χ3n) is 2.89. The second-order valence-electron chi connectivity index (χ2n) is 4.34. The van der Waals surface area contributed by atoms with Crippen LogP contribution in [0, 0.1) is 5.82 Å². The monoisotopic (exact) mass is 292 g/mol. The van der Waals surface area contributed by atoms with Gasteiger partial charge in [0.1, 0.15) is 18.2 Å². The van der Waals surface area contributed by atoms with Crippen molar-refractivity contribution in [2.45, 2.75) is 20.0 Å². The Kier molecular flexibility index (Phi) is 4.74. The number of ketones is 1. The summed E-state index contributed by atoms with van der Waals surface area (Å²) in [6.07, 6.45) is 0.476. The van der Waals surface area contributed by atoms with Crippen LogP contribution in [0.5, 0.6) is 5.75 Å². The Morgan fingerprint density at radius 3 is 2.50 bits per heavy atom. The number of carbonyl (C=O) groups is 1. The number of halogens is 2. The molecule has 20 heavy (non-hydrogen) atoms. The molecule has 2 aromatic carbocycles. The summed E-state index contributed by atoms with van der Waals surface area (Å²) in [7, 11) is 0. The van der Waals surface area contributed by atoms with E-state index < -0.39 is 5.82 Å². The first-order valence-electron chi connectivity index (χ1n) is 6.30. The Hall–Kier alpha value is -1.87. The first-order valence-corrected chi connectivity index (χ1v) is 6.68. The van der Waals surface area contributed by atoms with Gasteiger partial charge in [-0.3, -0.25) is 4.79 Å². The lowest BCUT2D eigenvalue weighted by Gasteiger charge is -2.07. The minimum Gasteiger partial charge on any atom is -0.489 e. The molecule has 0 aliphatic heterocycles. The molecule has 0 saturated carbocycles. The molecule has 104 valence electrons. The molecule has 0 fully saturated rings. The highest BCUT2D eigenvalue weighted by Gasteiger charge is 2.04. The van der Waals surface area contributed by atoms with Crippen LogP contribution < -0.4 is 4.74 Å². The van der Waals surface area contributed by atoms with E-state index in [4.69, 9.17) is 16.3 Å². The molecule has 2 rings (SSSR count). The fourth-order valence-corrected chi connectivity index (χ4v) is 1.85.